The van der Waals surface area contributed by atoms with Gasteiger partial charge in [-0.05, 0) is 45.4 Å². The molecule has 0 amide bonds. The highest BCUT2D eigenvalue weighted by atomic mass is 16.5. The molecule has 4 heteroatoms. The molecule has 4 nitrogen and oxygen atoms in total. The van der Waals surface area contributed by atoms with Crippen molar-refractivity contribution in [3.63, 3.8) is 0 Å². The first kappa shape index (κ1) is 14.3. The minimum absolute atomic E-state index is 0.0875. The first-order chi connectivity index (χ1) is 7.97. The Morgan fingerprint density at radius 3 is 2.53 bits per heavy atom. The second-order valence-corrected chi connectivity index (χ2v) is 5.57. The molecule has 0 aliphatic heterocycles. The van der Waals surface area contributed by atoms with Gasteiger partial charge in [0.25, 0.3) is 0 Å². The van der Waals surface area contributed by atoms with Crippen LogP contribution in [0.1, 0.15) is 46.5 Å². The fraction of sp³-hybridized carbons (Fsp3) is 0.923. The van der Waals surface area contributed by atoms with Gasteiger partial charge in [0.1, 0.15) is 0 Å². The first-order valence-corrected chi connectivity index (χ1v) is 6.59. The van der Waals surface area contributed by atoms with E-state index in [1.165, 1.54) is 12.8 Å². The highest BCUT2D eigenvalue weighted by molar-refractivity contribution is 5.78. The predicted octanol–water partition coefficient (Wildman–Crippen LogP) is 1.89. The molecule has 1 fully saturated rings. The van der Waals surface area contributed by atoms with Gasteiger partial charge in [0.15, 0.2) is 5.96 Å². The zero-order chi connectivity index (χ0) is 12.9. The lowest BCUT2D eigenvalue weighted by Gasteiger charge is -2.37. The second kappa shape index (κ2) is 6.24. The van der Waals surface area contributed by atoms with Crippen molar-refractivity contribution in [1.82, 2.24) is 5.32 Å². The fourth-order valence-electron chi connectivity index (χ4n) is 2.29. The molecule has 3 N–H and O–H groups in total. The van der Waals surface area contributed by atoms with Crippen molar-refractivity contribution in [2.75, 3.05) is 13.7 Å². The van der Waals surface area contributed by atoms with E-state index in [9.17, 15) is 0 Å². The van der Waals surface area contributed by atoms with Crippen LogP contribution >= 0.6 is 0 Å². The first-order valence-electron chi connectivity index (χ1n) is 6.59. The summed E-state index contributed by atoms with van der Waals surface area (Å²) in [4.78, 5) is 4.41. The average Bonchev–Trinajstić information content (AvgIpc) is 2.28. The van der Waals surface area contributed by atoms with Crippen LogP contribution in [0.2, 0.25) is 0 Å². The molecule has 0 spiro atoms. The monoisotopic (exact) mass is 241 g/mol. The van der Waals surface area contributed by atoms with E-state index in [4.69, 9.17) is 10.5 Å². The van der Waals surface area contributed by atoms with Crippen LogP contribution in [0.3, 0.4) is 0 Å². The Balaban J connectivity index is 2.52. The van der Waals surface area contributed by atoms with Crippen molar-refractivity contribution in [2.24, 2.45) is 16.6 Å². The van der Waals surface area contributed by atoms with Crippen LogP contribution in [0, 0.1) is 5.92 Å². The maximum absolute atomic E-state index is 5.82. The highest BCUT2D eigenvalue weighted by Crippen LogP contribution is 2.34. The Labute approximate surface area is 105 Å². The number of hydrogen-bond donors (Lipinski definition) is 2. The van der Waals surface area contributed by atoms with Crippen molar-refractivity contribution in [3.8, 4) is 0 Å². The molecular weight excluding hydrogens is 214 g/mol. The van der Waals surface area contributed by atoms with Crippen molar-refractivity contribution >= 4 is 5.96 Å². The number of hydrogen-bond acceptors (Lipinski definition) is 2. The Kier molecular flexibility index (Phi) is 5.25. The molecule has 0 aromatic carbocycles. The van der Waals surface area contributed by atoms with E-state index in [1.807, 2.05) is 0 Å². The van der Waals surface area contributed by atoms with E-state index in [2.05, 4.69) is 31.1 Å². The molecule has 100 valence electrons. The Morgan fingerprint density at radius 1 is 1.47 bits per heavy atom. The molecule has 1 saturated carbocycles. The summed E-state index contributed by atoms with van der Waals surface area (Å²) in [5, 5.41) is 3.10. The van der Waals surface area contributed by atoms with Gasteiger partial charge in [-0.2, -0.15) is 0 Å². The zero-order valence-electron chi connectivity index (χ0n) is 11.6. The van der Waals surface area contributed by atoms with E-state index in [0.29, 0.717) is 18.5 Å². The van der Waals surface area contributed by atoms with Crippen LogP contribution in [0.25, 0.3) is 0 Å². The third kappa shape index (κ3) is 4.54. The van der Waals surface area contributed by atoms with Crippen LogP contribution in [0.4, 0.5) is 0 Å². The lowest BCUT2D eigenvalue weighted by atomic mass is 9.79. The van der Waals surface area contributed by atoms with Crippen LogP contribution < -0.4 is 11.1 Å². The summed E-state index contributed by atoms with van der Waals surface area (Å²) in [6.07, 6.45) is 4.62. The summed E-state index contributed by atoms with van der Waals surface area (Å²) < 4.78 is 5.69. The van der Waals surface area contributed by atoms with Crippen molar-refractivity contribution in [1.29, 1.82) is 0 Å². The number of methoxy groups -OCH3 is 1. The summed E-state index contributed by atoms with van der Waals surface area (Å²) >= 11 is 0. The highest BCUT2D eigenvalue weighted by Gasteiger charge is 2.33. The van der Waals surface area contributed by atoms with Crippen LogP contribution in [-0.2, 0) is 4.74 Å². The maximum Gasteiger partial charge on any atom is 0.188 e. The van der Waals surface area contributed by atoms with Crippen LogP contribution in [-0.4, -0.2) is 31.3 Å². The van der Waals surface area contributed by atoms with Crippen molar-refractivity contribution < 1.29 is 4.74 Å². The topological polar surface area (TPSA) is 59.6 Å². The molecule has 0 saturated heterocycles. The van der Waals surface area contributed by atoms with Gasteiger partial charge in [-0.1, -0.05) is 6.92 Å². The molecule has 0 bridgehead atoms. The van der Waals surface area contributed by atoms with Gasteiger partial charge >= 0.3 is 0 Å². The molecule has 0 heterocycles. The van der Waals surface area contributed by atoms with E-state index < -0.39 is 0 Å². The number of aliphatic imine (C=N–C) groups is 1. The number of guanidine groups is 1. The molecular formula is C13H27N3O. The summed E-state index contributed by atoms with van der Waals surface area (Å²) in [5.41, 5.74) is 5.73. The van der Waals surface area contributed by atoms with Crippen LogP contribution in [0.5, 0.6) is 0 Å². The largest absolute Gasteiger partial charge is 0.376 e. The summed E-state index contributed by atoms with van der Waals surface area (Å²) in [5.74, 6) is 1.34. The minimum atomic E-state index is -0.0875. The third-order valence-corrected chi connectivity index (χ3v) is 3.59. The van der Waals surface area contributed by atoms with E-state index in [1.54, 1.807) is 7.11 Å². The van der Waals surface area contributed by atoms with E-state index in [0.717, 1.165) is 18.8 Å². The Bertz CT molecular complexity index is 255. The molecule has 1 aliphatic carbocycles. The van der Waals surface area contributed by atoms with Gasteiger partial charge in [0.2, 0.25) is 0 Å². The number of nitrogens with two attached hydrogens (primary N) is 1. The molecule has 1 aliphatic rings. The SMILES string of the molecule is COC1(CN=C(N)NC(C)C)CCC(C)CC1. The predicted molar refractivity (Wildman–Crippen MR) is 72.1 cm³/mol. The third-order valence-electron chi connectivity index (χ3n) is 3.59. The normalized spacial score (nSPS) is 30.6. The van der Waals surface area contributed by atoms with Gasteiger partial charge < -0.3 is 15.8 Å². The number of nitrogens with zero attached hydrogens (tertiary/aromatic N) is 1. The van der Waals surface area contributed by atoms with Gasteiger partial charge in [0.05, 0.1) is 12.1 Å². The summed E-state index contributed by atoms with van der Waals surface area (Å²) in [6.45, 7) is 7.08. The molecule has 0 radical (unpaired) electrons. The number of ether oxygens (including phenoxy) is 1. The van der Waals surface area contributed by atoms with Gasteiger partial charge in [-0.3, -0.25) is 4.99 Å². The van der Waals surface area contributed by atoms with Crippen LogP contribution in [0.15, 0.2) is 4.99 Å². The Morgan fingerprint density at radius 2 is 2.06 bits per heavy atom. The molecule has 0 unspecified atom stereocenters. The molecule has 0 atom stereocenters. The zero-order valence-corrected chi connectivity index (χ0v) is 11.6. The average molecular weight is 241 g/mol. The molecule has 17 heavy (non-hydrogen) atoms. The van der Waals surface area contributed by atoms with Gasteiger partial charge in [-0.25, -0.2) is 0 Å². The lowest BCUT2D eigenvalue weighted by Crippen LogP contribution is -2.42. The second-order valence-electron chi connectivity index (χ2n) is 5.57. The number of rotatable bonds is 4. The summed E-state index contributed by atoms with van der Waals surface area (Å²) in [7, 11) is 1.79. The van der Waals surface area contributed by atoms with Crippen molar-refractivity contribution in [3.05, 3.63) is 0 Å². The number of nitrogens with one attached hydrogen (secondary N) is 1. The lowest BCUT2D eigenvalue weighted by molar-refractivity contribution is -0.0394. The van der Waals surface area contributed by atoms with Gasteiger partial charge in [0, 0.05) is 13.2 Å². The van der Waals surface area contributed by atoms with E-state index in [-0.39, 0.29) is 5.60 Å². The fourth-order valence-corrected chi connectivity index (χ4v) is 2.29. The van der Waals surface area contributed by atoms with Crippen molar-refractivity contribution in [2.45, 2.75) is 58.1 Å². The molecule has 0 aromatic rings. The maximum atomic E-state index is 5.82. The quantitative estimate of drug-likeness (QED) is 0.584. The molecule has 0 aromatic heterocycles. The van der Waals surface area contributed by atoms with E-state index >= 15 is 0 Å². The minimum Gasteiger partial charge on any atom is -0.376 e. The van der Waals surface area contributed by atoms with Gasteiger partial charge in [-0.15, -0.1) is 0 Å². The standard InChI is InChI=1S/C13H27N3O/c1-10(2)16-12(14)15-9-13(17-4)7-5-11(3)6-8-13/h10-11H,5-9H2,1-4H3,(H3,14,15,16). The Hall–Kier alpha value is -0.770. The molecule has 1 rings (SSSR count). The smallest absolute Gasteiger partial charge is 0.188 e. The summed E-state index contributed by atoms with van der Waals surface area (Å²) in [6, 6.07) is 0.323.